The fourth-order valence-corrected chi connectivity index (χ4v) is 4.22. The van der Waals surface area contributed by atoms with Crippen LogP contribution in [-0.4, -0.2) is 65.3 Å². The first-order valence-electron chi connectivity index (χ1n) is 11.9. The summed E-state index contributed by atoms with van der Waals surface area (Å²) in [5.74, 6) is -0.878. The third kappa shape index (κ3) is 5.91. The SMILES string of the molecule is Cc1cc(OCC(C)C)ccc1/C(O)=C1\C(=O)C(=O)N(CCCN(C)C)C1c1cccc([N+](=O)[O-])c1. The number of likely N-dealkylation sites (tertiary alicyclic amines) is 1. The molecule has 192 valence electrons. The molecular formula is C27H33N3O6. The highest BCUT2D eigenvalue weighted by atomic mass is 16.6. The van der Waals surface area contributed by atoms with E-state index in [1.165, 1.54) is 23.1 Å². The van der Waals surface area contributed by atoms with Gasteiger partial charge in [-0.05, 0) is 69.2 Å². The number of nitrogens with zero attached hydrogens (tertiary/aromatic N) is 3. The second-order valence-corrected chi connectivity index (χ2v) is 9.68. The van der Waals surface area contributed by atoms with Crippen molar-refractivity contribution in [1.82, 2.24) is 9.80 Å². The predicted octanol–water partition coefficient (Wildman–Crippen LogP) is 4.31. The molecule has 9 nitrogen and oxygen atoms in total. The maximum Gasteiger partial charge on any atom is 0.295 e. The van der Waals surface area contributed by atoms with E-state index < -0.39 is 22.7 Å². The molecule has 1 heterocycles. The molecule has 1 aliphatic heterocycles. The lowest BCUT2D eigenvalue weighted by Gasteiger charge is -2.26. The Morgan fingerprint density at radius 2 is 1.92 bits per heavy atom. The van der Waals surface area contributed by atoms with Crippen LogP contribution in [0.1, 0.15) is 43.0 Å². The molecule has 0 saturated carbocycles. The van der Waals surface area contributed by atoms with Crippen LogP contribution in [0.25, 0.3) is 5.76 Å². The zero-order chi connectivity index (χ0) is 26.6. The van der Waals surface area contributed by atoms with Crippen molar-refractivity contribution in [3.8, 4) is 5.75 Å². The number of Topliss-reactive ketones (excluding diaryl/α,β-unsaturated/α-hetero) is 1. The van der Waals surface area contributed by atoms with E-state index in [2.05, 4.69) is 0 Å². The molecule has 1 N–H and O–H groups in total. The highest BCUT2D eigenvalue weighted by molar-refractivity contribution is 6.46. The minimum Gasteiger partial charge on any atom is -0.507 e. The highest BCUT2D eigenvalue weighted by Gasteiger charge is 2.46. The number of aliphatic hydroxyl groups excluding tert-OH is 1. The minimum atomic E-state index is -0.941. The number of benzene rings is 2. The second-order valence-electron chi connectivity index (χ2n) is 9.68. The molecular weight excluding hydrogens is 462 g/mol. The molecule has 3 rings (SSSR count). The summed E-state index contributed by atoms with van der Waals surface area (Å²) >= 11 is 0. The normalized spacial score (nSPS) is 17.3. The molecule has 1 aliphatic rings. The van der Waals surface area contributed by atoms with Gasteiger partial charge < -0.3 is 19.6 Å². The fraction of sp³-hybridized carbons (Fsp3) is 0.407. The molecule has 2 aromatic rings. The number of carbonyl (C=O) groups excluding carboxylic acids is 2. The molecule has 1 unspecified atom stereocenters. The van der Waals surface area contributed by atoms with E-state index in [9.17, 15) is 24.8 Å². The molecule has 0 aliphatic carbocycles. The number of non-ortho nitro benzene ring substituents is 1. The molecule has 0 radical (unpaired) electrons. The molecule has 0 aromatic heterocycles. The maximum atomic E-state index is 13.2. The van der Waals surface area contributed by atoms with E-state index in [0.29, 0.717) is 47.9 Å². The molecule has 9 heteroatoms. The van der Waals surface area contributed by atoms with E-state index in [1.54, 1.807) is 31.2 Å². The maximum absolute atomic E-state index is 13.2. The zero-order valence-corrected chi connectivity index (χ0v) is 21.4. The molecule has 36 heavy (non-hydrogen) atoms. The topological polar surface area (TPSA) is 113 Å². The van der Waals surface area contributed by atoms with Gasteiger partial charge in [0.05, 0.1) is 23.1 Å². The van der Waals surface area contributed by atoms with Gasteiger partial charge in [-0.2, -0.15) is 0 Å². The number of ether oxygens (including phenoxy) is 1. The number of hydrogen-bond donors (Lipinski definition) is 1. The lowest BCUT2D eigenvalue weighted by Crippen LogP contribution is -2.32. The van der Waals surface area contributed by atoms with Crippen LogP contribution in [0.5, 0.6) is 5.75 Å². The zero-order valence-electron chi connectivity index (χ0n) is 21.4. The van der Waals surface area contributed by atoms with Gasteiger partial charge >= 0.3 is 0 Å². The molecule has 1 atom stereocenters. The number of aliphatic hydroxyl groups is 1. The Hall–Kier alpha value is -3.72. The fourth-order valence-electron chi connectivity index (χ4n) is 4.22. The van der Waals surface area contributed by atoms with E-state index in [4.69, 9.17) is 4.74 Å². The van der Waals surface area contributed by atoms with Crippen molar-refractivity contribution in [2.24, 2.45) is 5.92 Å². The summed E-state index contributed by atoms with van der Waals surface area (Å²) in [7, 11) is 3.81. The molecule has 1 fully saturated rings. The third-order valence-electron chi connectivity index (χ3n) is 5.98. The average molecular weight is 496 g/mol. The van der Waals surface area contributed by atoms with Crippen molar-refractivity contribution in [2.75, 3.05) is 33.8 Å². The average Bonchev–Trinajstić information content (AvgIpc) is 3.07. The Bertz CT molecular complexity index is 1190. The van der Waals surface area contributed by atoms with Crippen LogP contribution >= 0.6 is 0 Å². The van der Waals surface area contributed by atoms with Crippen LogP contribution in [0.2, 0.25) is 0 Å². The van der Waals surface area contributed by atoms with E-state index in [0.717, 1.165) is 0 Å². The standard InChI is InChI=1S/C27H33N3O6/c1-17(2)16-36-21-10-11-22(18(3)14-21)25(31)23-24(19-8-6-9-20(15-19)30(34)35)29(27(33)26(23)32)13-7-12-28(4)5/h6,8-11,14-15,17,24,31H,7,12-13,16H2,1-5H3/b25-23+. The summed E-state index contributed by atoms with van der Waals surface area (Å²) in [6.45, 7) is 7.34. The van der Waals surface area contributed by atoms with Gasteiger partial charge in [0.15, 0.2) is 0 Å². The third-order valence-corrected chi connectivity index (χ3v) is 5.98. The van der Waals surface area contributed by atoms with Gasteiger partial charge in [0.1, 0.15) is 11.5 Å². The largest absolute Gasteiger partial charge is 0.507 e. The van der Waals surface area contributed by atoms with Crippen molar-refractivity contribution in [3.63, 3.8) is 0 Å². The van der Waals surface area contributed by atoms with Crippen LogP contribution in [0.15, 0.2) is 48.0 Å². The van der Waals surface area contributed by atoms with Gasteiger partial charge in [-0.15, -0.1) is 0 Å². The Labute approximate surface area is 211 Å². The lowest BCUT2D eigenvalue weighted by molar-refractivity contribution is -0.384. The van der Waals surface area contributed by atoms with Gasteiger partial charge in [0.25, 0.3) is 17.4 Å². The monoisotopic (exact) mass is 495 g/mol. The summed E-state index contributed by atoms with van der Waals surface area (Å²) in [5, 5.41) is 22.8. The molecule has 2 aromatic carbocycles. The summed E-state index contributed by atoms with van der Waals surface area (Å²) in [6.07, 6.45) is 0.590. The van der Waals surface area contributed by atoms with Crippen molar-refractivity contribution in [3.05, 3.63) is 74.8 Å². The van der Waals surface area contributed by atoms with E-state index >= 15 is 0 Å². The summed E-state index contributed by atoms with van der Waals surface area (Å²) in [6, 6.07) is 10.0. The van der Waals surface area contributed by atoms with Gasteiger partial charge in [-0.1, -0.05) is 26.0 Å². The molecule has 1 amide bonds. The quantitative estimate of drug-likeness (QED) is 0.172. The first-order valence-corrected chi connectivity index (χ1v) is 11.9. The first kappa shape index (κ1) is 26.9. The lowest BCUT2D eigenvalue weighted by atomic mass is 9.93. The van der Waals surface area contributed by atoms with E-state index in [-0.39, 0.29) is 23.6 Å². The van der Waals surface area contributed by atoms with Crippen molar-refractivity contribution < 1.29 is 24.4 Å². The van der Waals surface area contributed by atoms with Crippen LogP contribution in [0.3, 0.4) is 0 Å². The number of rotatable bonds is 10. The van der Waals surface area contributed by atoms with Crippen LogP contribution in [0.4, 0.5) is 5.69 Å². The number of amides is 1. The van der Waals surface area contributed by atoms with Crippen LogP contribution in [0, 0.1) is 23.0 Å². The Morgan fingerprint density at radius 3 is 2.53 bits per heavy atom. The number of carbonyl (C=O) groups is 2. The first-order chi connectivity index (χ1) is 17.0. The van der Waals surface area contributed by atoms with Gasteiger partial charge in [0, 0.05) is 24.2 Å². The summed E-state index contributed by atoms with van der Waals surface area (Å²) < 4.78 is 5.76. The van der Waals surface area contributed by atoms with Crippen LogP contribution in [-0.2, 0) is 9.59 Å². The van der Waals surface area contributed by atoms with Gasteiger partial charge in [-0.3, -0.25) is 19.7 Å². The van der Waals surface area contributed by atoms with Gasteiger partial charge in [-0.25, -0.2) is 0 Å². The van der Waals surface area contributed by atoms with Gasteiger partial charge in [0.2, 0.25) is 0 Å². The molecule has 0 bridgehead atoms. The Morgan fingerprint density at radius 1 is 1.19 bits per heavy atom. The van der Waals surface area contributed by atoms with Crippen molar-refractivity contribution in [1.29, 1.82) is 0 Å². The number of hydrogen-bond acceptors (Lipinski definition) is 7. The van der Waals surface area contributed by atoms with Crippen LogP contribution < -0.4 is 4.74 Å². The Balaban J connectivity index is 2.10. The Kier molecular flexibility index (Phi) is 8.47. The summed E-state index contributed by atoms with van der Waals surface area (Å²) in [5.41, 5.74) is 1.22. The number of nitro benzene ring substituents is 1. The number of ketones is 1. The highest BCUT2D eigenvalue weighted by Crippen LogP contribution is 2.41. The van der Waals surface area contributed by atoms with Crippen molar-refractivity contribution in [2.45, 2.75) is 33.2 Å². The second kappa shape index (κ2) is 11.3. The number of aryl methyl sites for hydroxylation is 1. The molecule has 1 saturated heterocycles. The summed E-state index contributed by atoms with van der Waals surface area (Å²) in [4.78, 5) is 40.5. The number of nitro groups is 1. The van der Waals surface area contributed by atoms with Crippen molar-refractivity contribution >= 4 is 23.1 Å². The minimum absolute atomic E-state index is 0.0794. The van der Waals surface area contributed by atoms with E-state index in [1.807, 2.05) is 32.8 Å². The molecule has 0 spiro atoms. The predicted molar refractivity (Wildman–Crippen MR) is 137 cm³/mol. The smallest absolute Gasteiger partial charge is 0.295 e.